The topological polar surface area (TPSA) is 116 Å². The molecular weight excluding hydrogens is 420 g/mol. The largest absolute Gasteiger partial charge is 0.336 e. The standard InChI is InChI=1S/C18H23ClN4O5S/c19-15-4-2-1-3-14(15)17(25)23-8-6-22(7-9-23)11-16(24)21-18(26)20-13-5-10-29(27,28)12-13/h1-4,13H,5-12H2,(H2,20,21,24,26)/t13-/m0/s1. The van der Waals surface area contributed by atoms with Gasteiger partial charge in [0, 0.05) is 32.2 Å². The monoisotopic (exact) mass is 442 g/mol. The smallest absolute Gasteiger partial charge is 0.321 e. The molecule has 0 saturated carbocycles. The second kappa shape index (κ2) is 9.10. The Morgan fingerprint density at radius 1 is 1.10 bits per heavy atom. The second-order valence-electron chi connectivity index (χ2n) is 7.17. The summed E-state index contributed by atoms with van der Waals surface area (Å²) in [7, 11) is -3.10. The van der Waals surface area contributed by atoms with Gasteiger partial charge in [-0.05, 0) is 18.6 Å². The van der Waals surface area contributed by atoms with Crippen LogP contribution in [0.5, 0.6) is 0 Å². The van der Waals surface area contributed by atoms with Gasteiger partial charge in [0.1, 0.15) is 0 Å². The van der Waals surface area contributed by atoms with Crippen LogP contribution >= 0.6 is 11.6 Å². The van der Waals surface area contributed by atoms with Gasteiger partial charge in [0.15, 0.2) is 9.84 Å². The first-order valence-electron chi connectivity index (χ1n) is 9.30. The van der Waals surface area contributed by atoms with Crippen molar-refractivity contribution < 1.29 is 22.8 Å². The summed E-state index contributed by atoms with van der Waals surface area (Å²) in [6, 6.07) is 5.71. The highest BCUT2D eigenvalue weighted by atomic mass is 35.5. The average Bonchev–Trinajstić information content (AvgIpc) is 3.00. The van der Waals surface area contributed by atoms with Crippen molar-refractivity contribution in [2.75, 3.05) is 44.2 Å². The van der Waals surface area contributed by atoms with E-state index in [2.05, 4.69) is 10.6 Å². The Morgan fingerprint density at radius 3 is 2.41 bits per heavy atom. The molecule has 2 aliphatic heterocycles. The number of carbonyl (C=O) groups excluding carboxylic acids is 3. The summed E-state index contributed by atoms with van der Waals surface area (Å²) < 4.78 is 22.8. The van der Waals surface area contributed by atoms with Gasteiger partial charge in [-0.15, -0.1) is 0 Å². The number of imide groups is 1. The Labute approximate surface area is 174 Å². The maximum absolute atomic E-state index is 12.6. The number of benzene rings is 1. The van der Waals surface area contributed by atoms with Crippen molar-refractivity contribution in [3.8, 4) is 0 Å². The quantitative estimate of drug-likeness (QED) is 0.683. The molecular formula is C18H23ClN4O5S. The van der Waals surface area contributed by atoms with Gasteiger partial charge in [-0.2, -0.15) is 0 Å². The molecule has 0 unspecified atom stereocenters. The number of halogens is 1. The van der Waals surface area contributed by atoms with Gasteiger partial charge in [0.05, 0.1) is 28.6 Å². The van der Waals surface area contributed by atoms with Crippen LogP contribution in [-0.4, -0.2) is 86.3 Å². The molecule has 1 aromatic rings. The van der Waals surface area contributed by atoms with Crippen LogP contribution in [0.25, 0.3) is 0 Å². The summed E-state index contributed by atoms with van der Waals surface area (Å²) in [5.41, 5.74) is 0.450. The number of amides is 4. The number of urea groups is 1. The molecule has 0 spiro atoms. The van der Waals surface area contributed by atoms with E-state index in [0.29, 0.717) is 43.2 Å². The van der Waals surface area contributed by atoms with E-state index >= 15 is 0 Å². The number of sulfone groups is 1. The Morgan fingerprint density at radius 2 is 1.79 bits per heavy atom. The normalized spacial score (nSPS) is 21.6. The van der Waals surface area contributed by atoms with E-state index in [1.165, 1.54) is 0 Å². The van der Waals surface area contributed by atoms with Gasteiger partial charge in [-0.1, -0.05) is 23.7 Å². The minimum absolute atomic E-state index is 0.0184. The van der Waals surface area contributed by atoms with E-state index in [0.717, 1.165) is 0 Å². The Bertz CT molecular complexity index is 899. The molecule has 4 amide bonds. The van der Waals surface area contributed by atoms with Crippen LogP contribution in [0.4, 0.5) is 4.79 Å². The van der Waals surface area contributed by atoms with Crippen molar-refractivity contribution in [2.45, 2.75) is 12.5 Å². The van der Waals surface area contributed by atoms with Gasteiger partial charge in [-0.25, -0.2) is 13.2 Å². The highest BCUT2D eigenvalue weighted by Crippen LogP contribution is 2.18. The minimum Gasteiger partial charge on any atom is -0.336 e. The minimum atomic E-state index is -3.10. The third-order valence-electron chi connectivity index (χ3n) is 4.95. The Kier molecular flexibility index (Phi) is 6.76. The number of hydrogen-bond acceptors (Lipinski definition) is 6. The lowest BCUT2D eigenvalue weighted by Crippen LogP contribution is -2.53. The van der Waals surface area contributed by atoms with E-state index in [9.17, 15) is 22.8 Å². The molecule has 0 aromatic heterocycles. The predicted octanol–water partition coefficient (Wildman–Crippen LogP) is 0.111. The van der Waals surface area contributed by atoms with E-state index in [1.807, 2.05) is 4.90 Å². The van der Waals surface area contributed by atoms with E-state index in [1.54, 1.807) is 29.2 Å². The number of nitrogens with zero attached hydrogens (tertiary/aromatic N) is 2. The molecule has 11 heteroatoms. The van der Waals surface area contributed by atoms with E-state index in [4.69, 9.17) is 11.6 Å². The van der Waals surface area contributed by atoms with Crippen LogP contribution < -0.4 is 10.6 Å². The van der Waals surface area contributed by atoms with Gasteiger partial charge in [-0.3, -0.25) is 19.8 Å². The van der Waals surface area contributed by atoms with Crippen molar-refractivity contribution in [3.05, 3.63) is 34.9 Å². The van der Waals surface area contributed by atoms with Gasteiger partial charge >= 0.3 is 6.03 Å². The molecule has 3 rings (SSSR count). The highest BCUT2D eigenvalue weighted by molar-refractivity contribution is 7.91. The molecule has 2 saturated heterocycles. The fraction of sp³-hybridized carbons (Fsp3) is 0.500. The molecule has 0 aliphatic carbocycles. The SMILES string of the molecule is O=C(CN1CCN(C(=O)c2ccccc2Cl)CC1)NC(=O)N[C@H]1CCS(=O)(=O)C1. The van der Waals surface area contributed by atoms with Crippen LogP contribution in [0.3, 0.4) is 0 Å². The zero-order valence-corrected chi connectivity index (χ0v) is 17.3. The fourth-order valence-corrected chi connectivity index (χ4v) is 5.30. The summed E-state index contributed by atoms with van der Waals surface area (Å²) in [5, 5.41) is 5.14. The number of rotatable bonds is 4. The zero-order valence-electron chi connectivity index (χ0n) is 15.8. The van der Waals surface area contributed by atoms with Gasteiger partial charge < -0.3 is 10.2 Å². The predicted molar refractivity (Wildman–Crippen MR) is 108 cm³/mol. The van der Waals surface area contributed by atoms with E-state index < -0.39 is 27.8 Å². The third-order valence-corrected chi connectivity index (χ3v) is 7.05. The van der Waals surface area contributed by atoms with E-state index in [-0.39, 0.29) is 24.0 Å². The Balaban J connectivity index is 1.41. The van der Waals surface area contributed by atoms with Crippen molar-refractivity contribution in [1.29, 1.82) is 0 Å². The Hall–Kier alpha value is -2.17. The summed E-state index contributed by atoms with van der Waals surface area (Å²) >= 11 is 6.08. The zero-order chi connectivity index (χ0) is 21.0. The van der Waals surface area contributed by atoms with Crippen LogP contribution in [-0.2, 0) is 14.6 Å². The second-order valence-corrected chi connectivity index (χ2v) is 9.81. The van der Waals surface area contributed by atoms with Gasteiger partial charge in [0.25, 0.3) is 5.91 Å². The van der Waals surface area contributed by atoms with Crippen LogP contribution in [0.15, 0.2) is 24.3 Å². The van der Waals surface area contributed by atoms with Crippen molar-refractivity contribution in [2.24, 2.45) is 0 Å². The lowest BCUT2D eigenvalue weighted by Gasteiger charge is -2.34. The van der Waals surface area contributed by atoms with Crippen LogP contribution in [0.1, 0.15) is 16.8 Å². The fourth-order valence-electron chi connectivity index (χ4n) is 3.41. The average molecular weight is 443 g/mol. The molecule has 9 nitrogen and oxygen atoms in total. The molecule has 0 radical (unpaired) electrons. The molecule has 1 aromatic carbocycles. The molecule has 0 bridgehead atoms. The summed E-state index contributed by atoms with van der Waals surface area (Å²) in [6.07, 6.45) is 0.353. The summed E-state index contributed by atoms with van der Waals surface area (Å²) in [5.74, 6) is -0.682. The molecule has 2 N–H and O–H groups in total. The summed E-state index contributed by atoms with van der Waals surface area (Å²) in [6.45, 7) is 1.90. The highest BCUT2D eigenvalue weighted by Gasteiger charge is 2.29. The number of piperazine rings is 1. The maximum Gasteiger partial charge on any atom is 0.321 e. The van der Waals surface area contributed by atoms with Crippen LogP contribution in [0.2, 0.25) is 5.02 Å². The van der Waals surface area contributed by atoms with Crippen LogP contribution in [0, 0.1) is 0 Å². The van der Waals surface area contributed by atoms with Crippen molar-refractivity contribution in [3.63, 3.8) is 0 Å². The molecule has 2 heterocycles. The molecule has 158 valence electrons. The third kappa shape index (κ3) is 5.91. The molecule has 1 atom stereocenters. The lowest BCUT2D eigenvalue weighted by molar-refractivity contribution is -0.121. The maximum atomic E-state index is 12.6. The molecule has 29 heavy (non-hydrogen) atoms. The first kappa shape index (κ1) is 21.5. The number of nitrogens with one attached hydrogen (secondary N) is 2. The van der Waals surface area contributed by atoms with Gasteiger partial charge in [0.2, 0.25) is 5.91 Å². The summed E-state index contributed by atoms with van der Waals surface area (Å²) in [4.78, 5) is 40.0. The van der Waals surface area contributed by atoms with Crippen molar-refractivity contribution in [1.82, 2.24) is 20.4 Å². The number of hydrogen-bond donors (Lipinski definition) is 2. The van der Waals surface area contributed by atoms with Crippen molar-refractivity contribution >= 4 is 39.3 Å². The lowest BCUT2D eigenvalue weighted by atomic mass is 10.2. The molecule has 2 fully saturated rings. The first-order chi connectivity index (χ1) is 13.7. The molecule has 2 aliphatic rings. The first-order valence-corrected chi connectivity index (χ1v) is 11.5. The number of carbonyl (C=O) groups is 3.